The fourth-order valence-electron chi connectivity index (χ4n) is 3.85. The molecule has 0 bridgehead atoms. The van der Waals surface area contributed by atoms with Crippen molar-refractivity contribution in [1.82, 2.24) is 9.80 Å². The molecule has 0 radical (unpaired) electrons. The van der Waals surface area contributed by atoms with E-state index in [1.807, 2.05) is 0 Å². The lowest BCUT2D eigenvalue weighted by Gasteiger charge is -2.36. The molecule has 2 fully saturated rings. The number of allylic oxidation sites excluding steroid dienone is 1. The number of halogens is 1. The third-order valence-corrected chi connectivity index (χ3v) is 5.76. The molecule has 0 unspecified atom stereocenters. The van der Waals surface area contributed by atoms with E-state index in [0.29, 0.717) is 0 Å². The maximum absolute atomic E-state index is 3.57. The summed E-state index contributed by atoms with van der Waals surface area (Å²) in [6.45, 7) is 8.65. The van der Waals surface area contributed by atoms with Gasteiger partial charge in [-0.3, -0.25) is 0 Å². The molecule has 0 N–H and O–H groups in total. The van der Waals surface area contributed by atoms with E-state index >= 15 is 0 Å². The van der Waals surface area contributed by atoms with Gasteiger partial charge in [-0.2, -0.15) is 0 Å². The van der Waals surface area contributed by atoms with Crippen LogP contribution in [0, 0.1) is 5.92 Å². The molecule has 23 heavy (non-hydrogen) atoms. The average molecular weight is 377 g/mol. The standard InChI is InChI=1S/C20H29BrN2/c1-17(19-6-5-7-20(21)14-19)15-23-12-8-18(9-13-23)16-22-10-3-2-4-11-22/h5-7,14-15,18H,2-4,8-13,16H2,1H3. The van der Waals surface area contributed by atoms with Crippen LogP contribution in [0.2, 0.25) is 0 Å². The lowest BCUT2D eigenvalue weighted by molar-refractivity contribution is 0.153. The Morgan fingerprint density at radius 3 is 2.57 bits per heavy atom. The minimum absolute atomic E-state index is 0.906. The molecule has 0 spiro atoms. The molecule has 3 rings (SSSR count). The zero-order valence-corrected chi connectivity index (χ0v) is 15.9. The molecule has 1 aromatic carbocycles. The molecule has 0 atom stereocenters. The van der Waals surface area contributed by atoms with Gasteiger partial charge in [0.25, 0.3) is 0 Å². The first-order valence-electron chi connectivity index (χ1n) is 9.11. The fourth-order valence-corrected chi connectivity index (χ4v) is 4.25. The number of piperidine rings is 2. The zero-order chi connectivity index (χ0) is 16.1. The molecule has 0 aliphatic carbocycles. The van der Waals surface area contributed by atoms with E-state index in [9.17, 15) is 0 Å². The van der Waals surface area contributed by atoms with E-state index in [2.05, 4.69) is 63.1 Å². The van der Waals surface area contributed by atoms with Crippen molar-refractivity contribution in [2.24, 2.45) is 5.92 Å². The zero-order valence-electron chi connectivity index (χ0n) is 14.3. The topological polar surface area (TPSA) is 6.48 Å². The summed E-state index contributed by atoms with van der Waals surface area (Å²) in [7, 11) is 0. The van der Waals surface area contributed by atoms with Crippen LogP contribution >= 0.6 is 15.9 Å². The highest BCUT2D eigenvalue weighted by molar-refractivity contribution is 9.10. The Balaban J connectivity index is 1.49. The highest BCUT2D eigenvalue weighted by Gasteiger charge is 2.21. The van der Waals surface area contributed by atoms with Crippen molar-refractivity contribution in [2.45, 2.75) is 39.0 Å². The highest BCUT2D eigenvalue weighted by atomic mass is 79.9. The van der Waals surface area contributed by atoms with Gasteiger partial charge in [0.2, 0.25) is 0 Å². The van der Waals surface area contributed by atoms with Crippen LogP contribution in [-0.2, 0) is 0 Å². The molecule has 126 valence electrons. The van der Waals surface area contributed by atoms with E-state index < -0.39 is 0 Å². The number of hydrogen-bond acceptors (Lipinski definition) is 2. The van der Waals surface area contributed by atoms with Crippen LogP contribution < -0.4 is 0 Å². The van der Waals surface area contributed by atoms with Crippen LogP contribution in [-0.4, -0.2) is 42.5 Å². The summed E-state index contributed by atoms with van der Waals surface area (Å²) in [5.74, 6) is 0.906. The number of hydrogen-bond donors (Lipinski definition) is 0. The number of likely N-dealkylation sites (tertiary alicyclic amines) is 2. The van der Waals surface area contributed by atoms with Gasteiger partial charge >= 0.3 is 0 Å². The summed E-state index contributed by atoms with van der Waals surface area (Å²) in [5.41, 5.74) is 2.68. The van der Waals surface area contributed by atoms with E-state index in [1.54, 1.807) is 0 Å². The molecule has 0 aromatic heterocycles. The normalized spacial score (nSPS) is 21.7. The summed E-state index contributed by atoms with van der Waals surface area (Å²) in [6, 6.07) is 8.60. The molecule has 2 aliphatic heterocycles. The minimum atomic E-state index is 0.906. The average Bonchev–Trinajstić information content (AvgIpc) is 2.57. The Bertz CT molecular complexity index is 526. The largest absolute Gasteiger partial charge is 0.377 e. The maximum atomic E-state index is 3.57. The third-order valence-electron chi connectivity index (χ3n) is 5.27. The second kappa shape index (κ2) is 8.34. The Labute approximate surface area is 149 Å². The Kier molecular flexibility index (Phi) is 6.18. The van der Waals surface area contributed by atoms with Crippen LogP contribution in [0.4, 0.5) is 0 Å². The van der Waals surface area contributed by atoms with E-state index in [4.69, 9.17) is 0 Å². The van der Waals surface area contributed by atoms with Gasteiger partial charge < -0.3 is 9.80 Å². The third kappa shape index (κ3) is 5.09. The van der Waals surface area contributed by atoms with Crippen molar-refractivity contribution in [3.8, 4) is 0 Å². The van der Waals surface area contributed by atoms with Gasteiger partial charge in [-0.15, -0.1) is 0 Å². The quantitative estimate of drug-likeness (QED) is 0.728. The first kappa shape index (κ1) is 17.0. The van der Waals surface area contributed by atoms with Crippen LogP contribution in [0.25, 0.3) is 5.57 Å². The summed E-state index contributed by atoms with van der Waals surface area (Å²) in [5, 5.41) is 0. The first-order chi connectivity index (χ1) is 11.2. The van der Waals surface area contributed by atoms with Gasteiger partial charge in [0.1, 0.15) is 0 Å². The predicted molar refractivity (Wildman–Crippen MR) is 102 cm³/mol. The molecule has 2 aliphatic rings. The van der Waals surface area contributed by atoms with E-state index in [1.165, 1.54) is 76.0 Å². The smallest absolute Gasteiger partial charge is 0.0181 e. The fraction of sp³-hybridized carbons (Fsp3) is 0.600. The van der Waals surface area contributed by atoms with E-state index in [-0.39, 0.29) is 0 Å². The second-order valence-electron chi connectivity index (χ2n) is 7.16. The van der Waals surface area contributed by atoms with Gasteiger partial charge in [0, 0.05) is 30.3 Å². The molecular formula is C20H29BrN2. The second-order valence-corrected chi connectivity index (χ2v) is 8.08. The molecule has 0 amide bonds. The minimum Gasteiger partial charge on any atom is -0.377 e. The molecule has 2 saturated heterocycles. The summed E-state index contributed by atoms with van der Waals surface area (Å²) < 4.78 is 1.16. The lowest BCUT2D eigenvalue weighted by Crippen LogP contribution is -2.38. The van der Waals surface area contributed by atoms with E-state index in [0.717, 1.165) is 10.4 Å². The van der Waals surface area contributed by atoms with Crippen molar-refractivity contribution in [3.05, 3.63) is 40.5 Å². The summed E-state index contributed by atoms with van der Waals surface area (Å²) in [6.07, 6.45) is 9.31. The summed E-state index contributed by atoms with van der Waals surface area (Å²) in [4.78, 5) is 5.22. The first-order valence-corrected chi connectivity index (χ1v) is 9.91. The van der Waals surface area contributed by atoms with Crippen molar-refractivity contribution in [1.29, 1.82) is 0 Å². The van der Waals surface area contributed by atoms with Crippen LogP contribution in [0.1, 0.15) is 44.6 Å². The van der Waals surface area contributed by atoms with Crippen molar-refractivity contribution in [2.75, 3.05) is 32.7 Å². The van der Waals surface area contributed by atoms with Gasteiger partial charge in [-0.25, -0.2) is 0 Å². The molecule has 2 heterocycles. The molecule has 2 nitrogen and oxygen atoms in total. The summed E-state index contributed by atoms with van der Waals surface area (Å²) >= 11 is 3.57. The Morgan fingerprint density at radius 2 is 1.87 bits per heavy atom. The van der Waals surface area contributed by atoms with Crippen molar-refractivity contribution < 1.29 is 0 Å². The highest BCUT2D eigenvalue weighted by Crippen LogP contribution is 2.23. The number of nitrogens with zero attached hydrogens (tertiary/aromatic N) is 2. The van der Waals surface area contributed by atoms with Crippen molar-refractivity contribution in [3.63, 3.8) is 0 Å². The Hall–Kier alpha value is -0.800. The van der Waals surface area contributed by atoms with Gasteiger partial charge in [0.15, 0.2) is 0 Å². The van der Waals surface area contributed by atoms with Gasteiger partial charge in [-0.05, 0) is 74.9 Å². The number of rotatable bonds is 4. The SMILES string of the molecule is CC(=CN1CCC(CN2CCCCC2)CC1)c1cccc(Br)c1. The predicted octanol–water partition coefficient (Wildman–Crippen LogP) is 5.01. The lowest BCUT2D eigenvalue weighted by atomic mass is 9.95. The molecular weight excluding hydrogens is 348 g/mol. The van der Waals surface area contributed by atoms with Crippen LogP contribution in [0.5, 0.6) is 0 Å². The monoisotopic (exact) mass is 376 g/mol. The maximum Gasteiger partial charge on any atom is 0.0181 e. The molecule has 0 saturated carbocycles. The molecule has 3 heteroatoms. The van der Waals surface area contributed by atoms with Crippen molar-refractivity contribution >= 4 is 21.5 Å². The Morgan fingerprint density at radius 1 is 1.13 bits per heavy atom. The van der Waals surface area contributed by atoms with Gasteiger partial charge in [-0.1, -0.05) is 34.5 Å². The van der Waals surface area contributed by atoms with Gasteiger partial charge in [0.05, 0.1) is 0 Å². The van der Waals surface area contributed by atoms with Crippen LogP contribution in [0.15, 0.2) is 34.9 Å². The number of benzene rings is 1. The molecule has 1 aromatic rings. The van der Waals surface area contributed by atoms with Crippen LogP contribution in [0.3, 0.4) is 0 Å².